The highest BCUT2D eigenvalue weighted by molar-refractivity contribution is 7.89. The SMILES string of the molecule is Cc1cc(C)c(S(=O)(=O)N2C[C@@H](C)O[C@@H](C)C2)cc1C. The maximum absolute atomic E-state index is 12.8. The summed E-state index contributed by atoms with van der Waals surface area (Å²) < 4.78 is 32.8. The lowest BCUT2D eigenvalue weighted by molar-refractivity contribution is -0.0440. The summed E-state index contributed by atoms with van der Waals surface area (Å²) in [4.78, 5) is 0.418. The normalized spacial score (nSPS) is 24.9. The van der Waals surface area contributed by atoms with Crippen molar-refractivity contribution in [1.29, 1.82) is 0 Å². The van der Waals surface area contributed by atoms with Gasteiger partial charge in [-0.2, -0.15) is 4.31 Å². The highest BCUT2D eigenvalue weighted by atomic mass is 32.2. The molecule has 5 heteroatoms. The first-order valence-corrected chi connectivity index (χ1v) is 8.39. The molecule has 20 heavy (non-hydrogen) atoms. The Hall–Kier alpha value is -0.910. The van der Waals surface area contributed by atoms with Gasteiger partial charge in [-0.15, -0.1) is 0 Å². The quantitative estimate of drug-likeness (QED) is 0.842. The summed E-state index contributed by atoms with van der Waals surface area (Å²) in [5, 5.41) is 0. The predicted molar refractivity (Wildman–Crippen MR) is 79.4 cm³/mol. The molecule has 1 aromatic carbocycles. The van der Waals surface area contributed by atoms with Gasteiger partial charge < -0.3 is 4.74 Å². The van der Waals surface area contributed by atoms with E-state index in [1.54, 1.807) is 10.4 Å². The van der Waals surface area contributed by atoms with Gasteiger partial charge in [0.15, 0.2) is 0 Å². The van der Waals surface area contributed by atoms with Crippen LogP contribution in [0.15, 0.2) is 17.0 Å². The van der Waals surface area contributed by atoms with E-state index in [2.05, 4.69) is 0 Å². The second-order valence-corrected chi connectivity index (χ2v) is 7.69. The monoisotopic (exact) mass is 297 g/mol. The molecule has 0 aromatic heterocycles. The van der Waals surface area contributed by atoms with Crippen LogP contribution in [0.3, 0.4) is 0 Å². The molecule has 4 nitrogen and oxygen atoms in total. The molecular formula is C15H23NO3S. The maximum atomic E-state index is 12.8. The van der Waals surface area contributed by atoms with Crippen molar-refractivity contribution < 1.29 is 13.2 Å². The third-order valence-electron chi connectivity index (χ3n) is 3.80. The van der Waals surface area contributed by atoms with Gasteiger partial charge in [0.05, 0.1) is 17.1 Å². The van der Waals surface area contributed by atoms with Crippen molar-refractivity contribution in [2.24, 2.45) is 0 Å². The summed E-state index contributed by atoms with van der Waals surface area (Å²) in [6.45, 7) is 10.4. The fraction of sp³-hybridized carbons (Fsp3) is 0.600. The molecule has 0 spiro atoms. The first-order chi connectivity index (χ1) is 9.21. The summed E-state index contributed by atoms with van der Waals surface area (Å²) in [6, 6.07) is 3.72. The van der Waals surface area contributed by atoms with Gasteiger partial charge in [-0.05, 0) is 57.4 Å². The van der Waals surface area contributed by atoms with E-state index in [9.17, 15) is 8.42 Å². The molecule has 112 valence electrons. The van der Waals surface area contributed by atoms with E-state index in [1.807, 2.05) is 40.7 Å². The van der Waals surface area contributed by atoms with Gasteiger partial charge in [0, 0.05) is 13.1 Å². The molecule has 1 fully saturated rings. The molecule has 0 unspecified atom stereocenters. The second-order valence-electron chi connectivity index (χ2n) is 5.78. The fourth-order valence-electron chi connectivity index (χ4n) is 2.68. The van der Waals surface area contributed by atoms with Crippen molar-refractivity contribution in [1.82, 2.24) is 4.31 Å². The Labute approximate surface area is 121 Å². The number of hydrogen-bond donors (Lipinski definition) is 0. The highest BCUT2D eigenvalue weighted by Gasteiger charge is 2.33. The first-order valence-electron chi connectivity index (χ1n) is 6.95. The number of sulfonamides is 1. The van der Waals surface area contributed by atoms with Gasteiger partial charge >= 0.3 is 0 Å². The van der Waals surface area contributed by atoms with Crippen LogP contribution in [0.25, 0.3) is 0 Å². The Kier molecular flexibility index (Phi) is 4.23. The number of ether oxygens (including phenoxy) is 1. The minimum Gasteiger partial charge on any atom is -0.373 e. The van der Waals surface area contributed by atoms with Crippen LogP contribution in [-0.2, 0) is 14.8 Å². The van der Waals surface area contributed by atoms with Gasteiger partial charge in [0.1, 0.15) is 0 Å². The maximum Gasteiger partial charge on any atom is 0.243 e. The molecule has 2 rings (SSSR count). The van der Waals surface area contributed by atoms with Crippen molar-refractivity contribution in [2.75, 3.05) is 13.1 Å². The van der Waals surface area contributed by atoms with Crippen LogP contribution in [0.1, 0.15) is 30.5 Å². The molecule has 1 heterocycles. The zero-order chi connectivity index (χ0) is 15.1. The van der Waals surface area contributed by atoms with Crippen molar-refractivity contribution >= 4 is 10.0 Å². The number of nitrogens with zero attached hydrogens (tertiary/aromatic N) is 1. The number of morpholine rings is 1. The first kappa shape index (κ1) is 15.5. The fourth-order valence-corrected chi connectivity index (χ4v) is 4.56. The van der Waals surface area contributed by atoms with Gasteiger partial charge in [-0.1, -0.05) is 6.07 Å². The summed E-state index contributed by atoms with van der Waals surface area (Å²) in [5.41, 5.74) is 2.92. The molecule has 0 N–H and O–H groups in total. The number of hydrogen-bond acceptors (Lipinski definition) is 3. The molecular weight excluding hydrogens is 274 g/mol. The molecule has 0 aliphatic carbocycles. The van der Waals surface area contributed by atoms with Crippen LogP contribution < -0.4 is 0 Å². The zero-order valence-corrected chi connectivity index (χ0v) is 13.6. The van der Waals surface area contributed by atoms with Crippen LogP contribution >= 0.6 is 0 Å². The summed E-state index contributed by atoms with van der Waals surface area (Å²) >= 11 is 0. The molecule has 1 aliphatic rings. The molecule has 0 bridgehead atoms. The Morgan fingerprint density at radius 2 is 1.50 bits per heavy atom. The van der Waals surface area contributed by atoms with E-state index in [4.69, 9.17) is 4.74 Å². The van der Waals surface area contributed by atoms with E-state index in [0.29, 0.717) is 18.0 Å². The Morgan fingerprint density at radius 3 is 2.05 bits per heavy atom. The topological polar surface area (TPSA) is 46.6 Å². The molecule has 0 amide bonds. The van der Waals surface area contributed by atoms with E-state index in [1.165, 1.54) is 0 Å². The van der Waals surface area contributed by atoms with Crippen molar-refractivity contribution in [3.05, 3.63) is 28.8 Å². The summed E-state index contributed by atoms with van der Waals surface area (Å²) in [5.74, 6) is 0. The molecule has 0 saturated carbocycles. The second kappa shape index (κ2) is 5.47. The van der Waals surface area contributed by atoms with Crippen LogP contribution in [0.5, 0.6) is 0 Å². The van der Waals surface area contributed by atoms with E-state index < -0.39 is 10.0 Å². The molecule has 0 radical (unpaired) electrons. The summed E-state index contributed by atoms with van der Waals surface area (Å²) in [6.07, 6.45) is -0.138. The van der Waals surface area contributed by atoms with Crippen LogP contribution in [0.4, 0.5) is 0 Å². The molecule has 1 aromatic rings. The average molecular weight is 297 g/mol. The molecule has 1 saturated heterocycles. The molecule has 2 atom stereocenters. The smallest absolute Gasteiger partial charge is 0.243 e. The van der Waals surface area contributed by atoms with Crippen molar-refractivity contribution in [2.45, 2.75) is 51.7 Å². The minimum absolute atomic E-state index is 0.0691. The van der Waals surface area contributed by atoms with E-state index in [-0.39, 0.29) is 12.2 Å². The standard InChI is InChI=1S/C15H23NO3S/c1-10-6-12(3)15(7-11(10)2)20(17,18)16-8-13(4)19-14(5)9-16/h6-7,13-14H,8-9H2,1-5H3/t13-,14+. The van der Waals surface area contributed by atoms with E-state index >= 15 is 0 Å². The lowest BCUT2D eigenvalue weighted by atomic mass is 10.1. The van der Waals surface area contributed by atoms with Crippen LogP contribution in [0, 0.1) is 20.8 Å². The Balaban J connectivity index is 2.42. The lowest BCUT2D eigenvalue weighted by Crippen LogP contribution is -2.48. The largest absolute Gasteiger partial charge is 0.373 e. The van der Waals surface area contributed by atoms with E-state index in [0.717, 1.165) is 16.7 Å². The number of benzene rings is 1. The third kappa shape index (κ3) is 2.90. The van der Waals surface area contributed by atoms with Gasteiger partial charge in [-0.3, -0.25) is 0 Å². The van der Waals surface area contributed by atoms with Crippen molar-refractivity contribution in [3.63, 3.8) is 0 Å². The van der Waals surface area contributed by atoms with Crippen molar-refractivity contribution in [3.8, 4) is 0 Å². The predicted octanol–water partition coefficient (Wildman–Crippen LogP) is 2.41. The zero-order valence-electron chi connectivity index (χ0n) is 12.8. The van der Waals surface area contributed by atoms with Crippen LogP contribution in [-0.4, -0.2) is 38.0 Å². The number of aryl methyl sites for hydroxylation is 3. The highest BCUT2D eigenvalue weighted by Crippen LogP contribution is 2.25. The molecule has 1 aliphatic heterocycles. The minimum atomic E-state index is -3.44. The Morgan fingerprint density at radius 1 is 1.00 bits per heavy atom. The van der Waals surface area contributed by atoms with Gasteiger partial charge in [0.25, 0.3) is 0 Å². The average Bonchev–Trinajstić information content (AvgIpc) is 2.32. The third-order valence-corrected chi connectivity index (χ3v) is 5.77. The lowest BCUT2D eigenvalue weighted by Gasteiger charge is -2.34. The van der Waals surface area contributed by atoms with Gasteiger partial charge in [-0.25, -0.2) is 8.42 Å². The summed E-state index contributed by atoms with van der Waals surface area (Å²) in [7, 11) is -3.44. The Bertz CT molecular complexity index is 600. The number of rotatable bonds is 2. The van der Waals surface area contributed by atoms with Crippen LogP contribution in [0.2, 0.25) is 0 Å². The van der Waals surface area contributed by atoms with Gasteiger partial charge in [0.2, 0.25) is 10.0 Å².